The van der Waals surface area contributed by atoms with E-state index in [1.54, 1.807) is 12.1 Å². The van der Waals surface area contributed by atoms with Gasteiger partial charge >= 0.3 is 0 Å². The standard InChI is InChI=1S/C16H14N2O2S/c1-11-5-4-6-12(9-11)16-18-17-15(20-16)10-21-14-8-3-2-7-13(14)19/h2-9,19H,10H2,1H3. The number of benzene rings is 2. The highest BCUT2D eigenvalue weighted by Gasteiger charge is 2.10. The smallest absolute Gasteiger partial charge is 0.247 e. The Morgan fingerprint density at radius 2 is 1.95 bits per heavy atom. The van der Waals surface area contributed by atoms with Crippen molar-refractivity contribution < 1.29 is 9.52 Å². The summed E-state index contributed by atoms with van der Waals surface area (Å²) in [5.74, 6) is 1.85. The summed E-state index contributed by atoms with van der Waals surface area (Å²) in [6.45, 7) is 2.02. The number of para-hydroxylation sites is 1. The van der Waals surface area contributed by atoms with E-state index in [1.807, 2.05) is 43.3 Å². The van der Waals surface area contributed by atoms with Crippen LogP contribution < -0.4 is 0 Å². The zero-order valence-electron chi connectivity index (χ0n) is 11.5. The van der Waals surface area contributed by atoms with Crippen LogP contribution in [0.15, 0.2) is 57.8 Å². The summed E-state index contributed by atoms with van der Waals surface area (Å²) in [7, 11) is 0. The fourth-order valence-corrected chi connectivity index (χ4v) is 2.71. The number of nitrogens with zero attached hydrogens (tertiary/aromatic N) is 2. The van der Waals surface area contributed by atoms with Gasteiger partial charge in [-0.25, -0.2) is 0 Å². The maximum atomic E-state index is 9.71. The molecule has 0 bridgehead atoms. The molecule has 0 aliphatic rings. The quantitative estimate of drug-likeness (QED) is 0.736. The second-order valence-electron chi connectivity index (χ2n) is 4.63. The first kappa shape index (κ1) is 13.7. The van der Waals surface area contributed by atoms with E-state index in [9.17, 15) is 5.11 Å². The molecule has 0 amide bonds. The van der Waals surface area contributed by atoms with Crippen molar-refractivity contribution in [2.24, 2.45) is 0 Å². The highest BCUT2D eigenvalue weighted by Crippen LogP contribution is 2.30. The molecule has 3 aromatic rings. The molecule has 0 fully saturated rings. The van der Waals surface area contributed by atoms with Crippen LogP contribution in [0.1, 0.15) is 11.5 Å². The van der Waals surface area contributed by atoms with Gasteiger partial charge in [0.25, 0.3) is 0 Å². The molecule has 1 N–H and O–H groups in total. The van der Waals surface area contributed by atoms with Crippen molar-refractivity contribution in [1.82, 2.24) is 10.2 Å². The van der Waals surface area contributed by atoms with Gasteiger partial charge in [-0.15, -0.1) is 22.0 Å². The highest BCUT2D eigenvalue weighted by atomic mass is 32.2. The van der Waals surface area contributed by atoms with E-state index in [0.717, 1.165) is 16.0 Å². The number of aromatic hydroxyl groups is 1. The molecule has 4 nitrogen and oxygen atoms in total. The molecular formula is C16H14N2O2S. The Bertz CT molecular complexity index is 755. The van der Waals surface area contributed by atoms with E-state index in [1.165, 1.54) is 11.8 Å². The molecule has 21 heavy (non-hydrogen) atoms. The average Bonchev–Trinajstić information content (AvgIpc) is 2.95. The molecule has 0 unspecified atom stereocenters. The fourth-order valence-electron chi connectivity index (χ4n) is 1.93. The van der Waals surface area contributed by atoms with Gasteiger partial charge < -0.3 is 9.52 Å². The summed E-state index contributed by atoms with van der Waals surface area (Å²) in [4.78, 5) is 0.799. The molecule has 2 aromatic carbocycles. The molecule has 5 heteroatoms. The lowest BCUT2D eigenvalue weighted by molar-refractivity contribution is 0.462. The normalized spacial score (nSPS) is 10.7. The van der Waals surface area contributed by atoms with Gasteiger partial charge in [-0.05, 0) is 31.2 Å². The first-order valence-corrected chi connectivity index (χ1v) is 7.51. The Hall–Kier alpha value is -2.27. The van der Waals surface area contributed by atoms with Crippen molar-refractivity contribution in [3.05, 3.63) is 60.0 Å². The number of phenolic OH excluding ortho intramolecular Hbond substituents is 1. The molecular weight excluding hydrogens is 284 g/mol. The van der Waals surface area contributed by atoms with Crippen LogP contribution in [0, 0.1) is 6.92 Å². The lowest BCUT2D eigenvalue weighted by atomic mass is 10.1. The van der Waals surface area contributed by atoms with Gasteiger partial charge in [0.05, 0.1) is 5.75 Å². The number of aryl methyl sites for hydroxylation is 1. The molecule has 0 atom stereocenters. The van der Waals surface area contributed by atoms with Crippen LogP contribution >= 0.6 is 11.8 Å². The number of rotatable bonds is 4. The summed E-state index contributed by atoms with van der Waals surface area (Å²) in [5, 5.41) is 17.8. The van der Waals surface area contributed by atoms with Crippen LogP contribution in [0.4, 0.5) is 0 Å². The number of hydrogen-bond donors (Lipinski definition) is 1. The largest absolute Gasteiger partial charge is 0.507 e. The van der Waals surface area contributed by atoms with Gasteiger partial charge in [0, 0.05) is 10.5 Å². The average molecular weight is 298 g/mol. The summed E-state index contributed by atoms with van der Waals surface area (Å²) < 4.78 is 5.66. The van der Waals surface area contributed by atoms with Crippen molar-refractivity contribution >= 4 is 11.8 Å². The van der Waals surface area contributed by atoms with Gasteiger partial charge in [-0.2, -0.15) is 0 Å². The number of thioether (sulfide) groups is 1. The Balaban J connectivity index is 1.72. The second kappa shape index (κ2) is 6.01. The molecule has 0 aliphatic carbocycles. The van der Waals surface area contributed by atoms with Gasteiger partial charge in [0.15, 0.2) is 0 Å². The Morgan fingerprint density at radius 1 is 1.10 bits per heavy atom. The van der Waals surface area contributed by atoms with Crippen LogP contribution in [0.25, 0.3) is 11.5 Å². The SMILES string of the molecule is Cc1cccc(-c2nnc(CSc3ccccc3O)o2)c1. The first-order chi connectivity index (χ1) is 10.2. The van der Waals surface area contributed by atoms with E-state index in [-0.39, 0.29) is 5.75 Å². The zero-order valence-corrected chi connectivity index (χ0v) is 12.3. The topological polar surface area (TPSA) is 59.2 Å². The lowest BCUT2D eigenvalue weighted by Crippen LogP contribution is -1.80. The molecule has 1 heterocycles. The van der Waals surface area contributed by atoms with Gasteiger partial charge in [-0.3, -0.25) is 0 Å². The molecule has 0 radical (unpaired) electrons. The Labute approximate surface area is 126 Å². The van der Waals surface area contributed by atoms with E-state index < -0.39 is 0 Å². The molecule has 0 saturated heterocycles. The lowest BCUT2D eigenvalue weighted by Gasteiger charge is -2.01. The Morgan fingerprint density at radius 3 is 2.76 bits per heavy atom. The van der Waals surface area contributed by atoms with Gasteiger partial charge in [-0.1, -0.05) is 29.8 Å². The maximum absolute atomic E-state index is 9.71. The van der Waals surface area contributed by atoms with Crippen molar-refractivity contribution in [3.63, 3.8) is 0 Å². The van der Waals surface area contributed by atoms with Crippen molar-refractivity contribution in [2.45, 2.75) is 17.6 Å². The number of phenols is 1. The molecule has 1 aromatic heterocycles. The number of aromatic nitrogens is 2. The maximum Gasteiger partial charge on any atom is 0.247 e. The van der Waals surface area contributed by atoms with E-state index in [0.29, 0.717) is 17.5 Å². The highest BCUT2D eigenvalue weighted by molar-refractivity contribution is 7.98. The minimum absolute atomic E-state index is 0.265. The molecule has 0 aliphatic heterocycles. The van der Waals surface area contributed by atoms with Crippen LogP contribution in [0.2, 0.25) is 0 Å². The molecule has 0 spiro atoms. The first-order valence-electron chi connectivity index (χ1n) is 6.52. The van der Waals surface area contributed by atoms with E-state index >= 15 is 0 Å². The van der Waals surface area contributed by atoms with Crippen molar-refractivity contribution in [3.8, 4) is 17.2 Å². The summed E-state index contributed by atoms with van der Waals surface area (Å²) in [6.07, 6.45) is 0. The van der Waals surface area contributed by atoms with Crippen LogP contribution in [-0.4, -0.2) is 15.3 Å². The second-order valence-corrected chi connectivity index (χ2v) is 5.64. The van der Waals surface area contributed by atoms with Crippen LogP contribution in [0.3, 0.4) is 0 Å². The van der Waals surface area contributed by atoms with Gasteiger partial charge in [0.1, 0.15) is 5.75 Å². The predicted octanol–water partition coefficient (Wildman–Crippen LogP) is 4.04. The third-order valence-electron chi connectivity index (χ3n) is 2.95. The molecule has 106 valence electrons. The molecule has 3 rings (SSSR count). The molecule has 0 saturated carbocycles. The summed E-state index contributed by atoms with van der Waals surface area (Å²) in [6, 6.07) is 15.1. The zero-order chi connectivity index (χ0) is 14.7. The van der Waals surface area contributed by atoms with Crippen LogP contribution in [0.5, 0.6) is 5.75 Å². The van der Waals surface area contributed by atoms with E-state index in [2.05, 4.69) is 10.2 Å². The van der Waals surface area contributed by atoms with Crippen LogP contribution in [-0.2, 0) is 5.75 Å². The monoisotopic (exact) mass is 298 g/mol. The summed E-state index contributed by atoms with van der Waals surface area (Å²) in [5.41, 5.74) is 2.07. The van der Waals surface area contributed by atoms with Crippen molar-refractivity contribution in [2.75, 3.05) is 0 Å². The Kier molecular flexibility index (Phi) is 3.92. The van der Waals surface area contributed by atoms with E-state index in [4.69, 9.17) is 4.42 Å². The predicted molar refractivity (Wildman–Crippen MR) is 82.1 cm³/mol. The minimum atomic E-state index is 0.265. The third kappa shape index (κ3) is 3.25. The fraction of sp³-hybridized carbons (Fsp3) is 0.125. The van der Waals surface area contributed by atoms with Gasteiger partial charge in [0.2, 0.25) is 11.8 Å². The van der Waals surface area contributed by atoms with Crippen molar-refractivity contribution in [1.29, 1.82) is 0 Å². The summed E-state index contributed by atoms with van der Waals surface area (Å²) >= 11 is 1.47. The minimum Gasteiger partial charge on any atom is -0.507 e. The number of hydrogen-bond acceptors (Lipinski definition) is 5. The third-order valence-corrected chi connectivity index (χ3v) is 4.00.